The zero-order chi connectivity index (χ0) is 12.5. The Hall–Kier alpha value is -1.36. The van der Waals surface area contributed by atoms with Gasteiger partial charge in [-0.05, 0) is 32.6 Å². The predicted molar refractivity (Wildman–Crippen MR) is 69.9 cm³/mol. The summed E-state index contributed by atoms with van der Waals surface area (Å²) in [5, 5.41) is 7.17. The highest BCUT2D eigenvalue weighted by atomic mass is 16.5. The monoisotopic (exact) mass is 248 g/mol. The van der Waals surface area contributed by atoms with Gasteiger partial charge in [-0.2, -0.15) is 4.98 Å². The van der Waals surface area contributed by atoms with Gasteiger partial charge in [0.05, 0.1) is 7.11 Å². The van der Waals surface area contributed by atoms with Gasteiger partial charge in [0.25, 0.3) is 0 Å². The lowest BCUT2D eigenvalue weighted by molar-refractivity contribution is 0.376. The first-order valence-corrected chi connectivity index (χ1v) is 6.65. The van der Waals surface area contributed by atoms with Crippen LogP contribution in [0.2, 0.25) is 0 Å². The molecule has 0 aliphatic carbocycles. The van der Waals surface area contributed by atoms with Crippen LogP contribution in [0.25, 0.3) is 0 Å². The van der Waals surface area contributed by atoms with Crippen LogP contribution in [0.1, 0.15) is 31.5 Å². The molecule has 1 aromatic heterocycles. The molecule has 5 nitrogen and oxygen atoms in total. The number of fused-ring (bicyclic) bond motifs is 2. The van der Waals surface area contributed by atoms with Gasteiger partial charge in [0.1, 0.15) is 11.6 Å². The summed E-state index contributed by atoms with van der Waals surface area (Å²) in [4.78, 5) is 8.63. The summed E-state index contributed by atoms with van der Waals surface area (Å²) in [5.74, 6) is 2.25. The van der Waals surface area contributed by atoms with E-state index in [4.69, 9.17) is 4.74 Å². The van der Waals surface area contributed by atoms with Crippen molar-refractivity contribution in [3.05, 3.63) is 11.9 Å². The van der Waals surface area contributed by atoms with E-state index in [9.17, 15) is 0 Å². The van der Waals surface area contributed by atoms with E-state index in [1.54, 1.807) is 7.11 Å². The Balaban J connectivity index is 1.70. The molecule has 98 valence electrons. The van der Waals surface area contributed by atoms with Crippen LogP contribution in [0.4, 0.5) is 5.82 Å². The predicted octanol–water partition coefficient (Wildman–Crippen LogP) is 1.49. The third-order valence-electron chi connectivity index (χ3n) is 3.85. The summed E-state index contributed by atoms with van der Waals surface area (Å²) >= 11 is 0. The highest BCUT2D eigenvalue weighted by Gasteiger charge is 2.33. The first-order chi connectivity index (χ1) is 8.72. The summed E-state index contributed by atoms with van der Waals surface area (Å²) in [6, 6.07) is 3.76. The van der Waals surface area contributed by atoms with Crippen LogP contribution in [0.5, 0.6) is 5.88 Å². The van der Waals surface area contributed by atoms with Gasteiger partial charge in [0.15, 0.2) is 0 Å². The molecule has 2 unspecified atom stereocenters. The van der Waals surface area contributed by atoms with Crippen molar-refractivity contribution in [2.75, 3.05) is 12.4 Å². The van der Waals surface area contributed by atoms with Gasteiger partial charge in [0, 0.05) is 24.2 Å². The van der Waals surface area contributed by atoms with E-state index in [1.807, 2.05) is 13.0 Å². The van der Waals surface area contributed by atoms with Crippen LogP contribution in [-0.4, -0.2) is 35.2 Å². The van der Waals surface area contributed by atoms with E-state index in [0.717, 1.165) is 11.6 Å². The molecule has 2 fully saturated rings. The van der Waals surface area contributed by atoms with Crippen molar-refractivity contribution in [2.24, 2.45) is 0 Å². The van der Waals surface area contributed by atoms with Gasteiger partial charge >= 0.3 is 0 Å². The molecule has 2 aliphatic heterocycles. The molecule has 2 saturated heterocycles. The van der Waals surface area contributed by atoms with E-state index in [0.29, 0.717) is 24.0 Å². The topological polar surface area (TPSA) is 59.1 Å². The molecular formula is C13H20N4O. The lowest BCUT2D eigenvalue weighted by atomic mass is 10.00. The normalized spacial score (nSPS) is 30.2. The Labute approximate surface area is 107 Å². The standard InChI is InChI=1S/C13H20N4O/c1-8-14-12(7-13(15-8)18-2)17-11-5-9-3-4-10(6-11)16-9/h7,9-11,16H,3-6H2,1-2H3,(H,14,15,17). The molecule has 18 heavy (non-hydrogen) atoms. The quantitative estimate of drug-likeness (QED) is 0.848. The van der Waals surface area contributed by atoms with Crippen molar-refractivity contribution < 1.29 is 4.74 Å². The maximum Gasteiger partial charge on any atom is 0.218 e. The van der Waals surface area contributed by atoms with Crippen molar-refractivity contribution in [2.45, 2.75) is 50.7 Å². The maximum atomic E-state index is 5.18. The molecule has 2 atom stereocenters. The summed E-state index contributed by atoms with van der Waals surface area (Å²) in [6.07, 6.45) is 4.99. The highest BCUT2D eigenvalue weighted by Crippen LogP contribution is 2.28. The van der Waals surface area contributed by atoms with E-state index in [-0.39, 0.29) is 0 Å². The van der Waals surface area contributed by atoms with E-state index < -0.39 is 0 Å². The fourth-order valence-corrected chi connectivity index (χ4v) is 3.10. The summed E-state index contributed by atoms with van der Waals surface area (Å²) in [7, 11) is 1.64. The van der Waals surface area contributed by atoms with Crippen LogP contribution in [0, 0.1) is 6.92 Å². The average molecular weight is 248 g/mol. The second-order valence-electron chi connectivity index (χ2n) is 5.29. The fraction of sp³-hybridized carbons (Fsp3) is 0.692. The minimum atomic E-state index is 0.516. The zero-order valence-electron chi connectivity index (χ0n) is 10.9. The Morgan fingerprint density at radius 1 is 1.28 bits per heavy atom. The van der Waals surface area contributed by atoms with Gasteiger partial charge in [-0.15, -0.1) is 0 Å². The molecule has 3 rings (SSSR count). The number of nitrogens with zero attached hydrogens (tertiary/aromatic N) is 2. The number of piperidine rings is 1. The molecule has 2 N–H and O–H groups in total. The van der Waals surface area contributed by atoms with Gasteiger partial charge in [0.2, 0.25) is 5.88 Å². The van der Waals surface area contributed by atoms with Crippen molar-refractivity contribution >= 4 is 5.82 Å². The number of hydrogen-bond donors (Lipinski definition) is 2. The highest BCUT2D eigenvalue weighted by molar-refractivity contribution is 5.39. The second-order valence-corrected chi connectivity index (χ2v) is 5.29. The summed E-state index contributed by atoms with van der Waals surface area (Å²) in [6.45, 7) is 1.89. The van der Waals surface area contributed by atoms with E-state index in [1.165, 1.54) is 25.7 Å². The number of anilines is 1. The van der Waals surface area contributed by atoms with Crippen LogP contribution < -0.4 is 15.4 Å². The number of rotatable bonds is 3. The second kappa shape index (κ2) is 4.72. The van der Waals surface area contributed by atoms with Gasteiger partial charge in [-0.1, -0.05) is 0 Å². The van der Waals surface area contributed by atoms with E-state index in [2.05, 4.69) is 20.6 Å². The lowest BCUT2D eigenvalue weighted by Crippen LogP contribution is -2.43. The van der Waals surface area contributed by atoms with Crippen LogP contribution in [-0.2, 0) is 0 Å². The Kier molecular flexibility index (Phi) is 3.07. The van der Waals surface area contributed by atoms with E-state index >= 15 is 0 Å². The average Bonchev–Trinajstić information content (AvgIpc) is 2.68. The number of aryl methyl sites for hydroxylation is 1. The minimum Gasteiger partial charge on any atom is -0.481 e. The van der Waals surface area contributed by atoms with Crippen molar-refractivity contribution in [3.63, 3.8) is 0 Å². The lowest BCUT2D eigenvalue weighted by Gasteiger charge is -2.30. The number of ether oxygens (including phenoxy) is 1. The Morgan fingerprint density at radius 3 is 2.67 bits per heavy atom. The molecule has 0 saturated carbocycles. The molecule has 2 aliphatic rings. The minimum absolute atomic E-state index is 0.516. The third-order valence-corrected chi connectivity index (χ3v) is 3.85. The number of nitrogens with one attached hydrogen (secondary N) is 2. The molecule has 0 spiro atoms. The fourth-order valence-electron chi connectivity index (χ4n) is 3.10. The largest absolute Gasteiger partial charge is 0.481 e. The first kappa shape index (κ1) is 11.7. The van der Waals surface area contributed by atoms with Crippen molar-refractivity contribution in [1.82, 2.24) is 15.3 Å². The molecule has 3 heterocycles. The summed E-state index contributed by atoms with van der Waals surface area (Å²) < 4.78 is 5.18. The van der Waals surface area contributed by atoms with Crippen molar-refractivity contribution in [1.29, 1.82) is 0 Å². The molecule has 0 radical (unpaired) electrons. The summed E-state index contributed by atoms with van der Waals surface area (Å²) in [5.41, 5.74) is 0. The Bertz CT molecular complexity index is 425. The molecular weight excluding hydrogens is 228 g/mol. The van der Waals surface area contributed by atoms with Crippen LogP contribution in [0.15, 0.2) is 6.07 Å². The molecule has 0 aromatic carbocycles. The zero-order valence-corrected chi connectivity index (χ0v) is 10.9. The van der Waals surface area contributed by atoms with Crippen molar-refractivity contribution in [3.8, 4) is 5.88 Å². The smallest absolute Gasteiger partial charge is 0.218 e. The maximum absolute atomic E-state index is 5.18. The van der Waals surface area contributed by atoms with Gasteiger partial charge in [-0.3, -0.25) is 0 Å². The SMILES string of the molecule is COc1cc(NC2CC3CCC(C2)N3)nc(C)n1. The molecule has 2 bridgehead atoms. The Morgan fingerprint density at radius 2 is 2.00 bits per heavy atom. The number of aromatic nitrogens is 2. The number of hydrogen-bond acceptors (Lipinski definition) is 5. The number of methoxy groups -OCH3 is 1. The van der Waals surface area contributed by atoms with Gasteiger partial charge in [-0.25, -0.2) is 4.98 Å². The molecule has 5 heteroatoms. The van der Waals surface area contributed by atoms with Gasteiger partial charge < -0.3 is 15.4 Å². The van der Waals surface area contributed by atoms with Crippen LogP contribution >= 0.6 is 0 Å². The third kappa shape index (κ3) is 2.41. The molecule has 1 aromatic rings. The first-order valence-electron chi connectivity index (χ1n) is 6.65. The molecule has 0 amide bonds. The van der Waals surface area contributed by atoms with Crippen LogP contribution in [0.3, 0.4) is 0 Å².